The fraction of sp³-hybridized carbons (Fsp3) is 0.538. The molecule has 2 aliphatic heterocycles. The smallest absolute Gasteiger partial charge is 0.410 e. The van der Waals surface area contributed by atoms with Crippen LogP contribution in [0.5, 0.6) is 11.5 Å². The second kappa shape index (κ2) is 14.9. The van der Waals surface area contributed by atoms with Gasteiger partial charge >= 0.3 is 6.09 Å². The quantitative estimate of drug-likeness (QED) is 0.285. The van der Waals surface area contributed by atoms with E-state index >= 15 is 0 Å². The zero-order valence-electron chi connectivity index (χ0n) is 30.8. The highest BCUT2D eigenvalue weighted by Gasteiger charge is 2.39. The van der Waals surface area contributed by atoms with E-state index in [1.54, 1.807) is 37.0 Å². The van der Waals surface area contributed by atoms with E-state index in [4.69, 9.17) is 14.2 Å². The molecule has 2 aromatic carbocycles. The molecule has 1 atom stereocenters. The maximum Gasteiger partial charge on any atom is 0.410 e. The van der Waals surface area contributed by atoms with Crippen LogP contribution in [0.25, 0.3) is 11.1 Å². The van der Waals surface area contributed by atoms with Gasteiger partial charge in [0.1, 0.15) is 17.1 Å². The number of anilines is 1. The number of nitrogens with zero attached hydrogens (tertiary/aromatic N) is 5. The number of carbonyl (C=O) groups is 3. The van der Waals surface area contributed by atoms with Gasteiger partial charge in [-0.3, -0.25) is 14.7 Å². The van der Waals surface area contributed by atoms with Gasteiger partial charge in [-0.15, -0.1) is 0 Å². The molecule has 0 spiro atoms. The van der Waals surface area contributed by atoms with Gasteiger partial charge in [0, 0.05) is 80.9 Å². The Morgan fingerprint density at radius 3 is 2.35 bits per heavy atom. The van der Waals surface area contributed by atoms with Crippen molar-refractivity contribution in [3.05, 3.63) is 60.4 Å². The van der Waals surface area contributed by atoms with Crippen molar-refractivity contribution in [3.8, 4) is 22.6 Å². The minimum atomic E-state index is -1.11. The molecule has 1 N–H and O–H groups in total. The predicted molar refractivity (Wildman–Crippen MR) is 195 cm³/mol. The Kier molecular flexibility index (Phi) is 10.5. The van der Waals surface area contributed by atoms with Gasteiger partial charge in [0.25, 0.3) is 5.91 Å². The largest absolute Gasteiger partial charge is 0.496 e. The first-order valence-corrected chi connectivity index (χ1v) is 18.1. The Morgan fingerprint density at radius 1 is 0.941 bits per heavy atom. The van der Waals surface area contributed by atoms with E-state index in [0.717, 1.165) is 60.4 Å². The molecule has 3 aliphatic rings. The van der Waals surface area contributed by atoms with Crippen molar-refractivity contribution in [2.45, 2.75) is 84.1 Å². The van der Waals surface area contributed by atoms with Crippen molar-refractivity contribution < 1.29 is 28.6 Å². The second-order valence-electron chi connectivity index (χ2n) is 15.4. The number of nitrogens with one attached hydrogen (secondary N) is 1. The van der Waals surface area contributed by atoms with Crippen molar-refractivity contribution in [2.24, 2.45) is 5.92 Å². The van der Waals surface area contributed by atoms with Crippen LogP contribution in [0, 0.1) is 5.92 Å². The summed E-state index contributed by atoms with van der Waals surface area (Å²) >= 11 is 0. The maximum atomic E-state index is 14.1. The van der Waals surface area contributed by atoms with Gasteiger partial charge in [-0.25, -0.2) is 4.79 Å². The highest BCUT2D eigenvalue weighted by atomic mass is 16.6. The van der Waals surface area contributed by atoms with E-state index in [2.05, 4.69) is 26.1 Å². The van der Waals surface area contributed by atoms with Crippen molar-refractivity contribution in [3.63, 3.8) is 0 Å². The van der Waals surface area contributed by atoms with Gasteiger partial charge in [-0.05, 0) is 84.1 Å². The third-order valence-corrected chi connectivity index (χ3v) is 9.76. The average molecular weight is 701 g/mol. The summed E-state index contributed by atoms with van der Waals surface area (Å²) in [7, 11) is 1.67. The number of carbonyl (C=O) groups excluding carboxylic acids is 3. The topological polar surface area (TPSA) is 121 Å². The molecule has 1 aromatic heterocycles. The van der Waals surface area contributed by atoms with E-state index < -0.39 is 11.2 Å². The molecule has 274 valence electrons. The number of piperazine rings is 1. The molecule has 3 heterocycles. The number of rotatable bonds is 10. The predicted octanol–water partition coefficient (Wildman–Crippen LogP) is 5.73. The Morgan fingerprint density at radius 2 is 1.69 bits per heavy atom. The molecular weight excluding hydrogens is 648 g/mol. The first-order valence-electron chi connectivity index (χ1n) is 18.1. The lowest BCUT2D eigenvalue weighted by Crippen LogP contribution is -2.57. The van der Waals surface area contributed by atoms with Gasteiger partial charge in [0.15, 0.2) is 5.60 Å². The van der Waals surface area contributed by atoms with Crippen LogP contribution in [-0.4, -0.2) is 106 Å². The van der Waals surface area contributed by atoms with Crippen LogP contribution < -0.4 is 14.4 Å². The lowest BCUT2D eigenvalue weighted by atomic mass is 9.95. The molecule has 0 bridgehead atoms. The zero-order chi connectivity index (χ0) is 36.3. The highest BCUT2D eigenvalue weighted by Crippen LogP contribution is 2.36. The number of piperidine rings is 1. The van der Waals surface area contributed by atoms with Crippen LogP contribution >= 0.6 is 0 Å². The number of aromatic amines is 1. The lowest BCUT2D eigenvalue weighted by Gasteiger charge is -2.39. The number of amides is 3. The van der Waals surface area contributed by atoms with Crippen molar-refractivity contribution in [1.29, 1.82) is 0 Å². The van der Waals surface area contributed by atoms with E-state index in [-0.39, 0.29) is 29.9 Å². The molecule has 51 heavy (non-hydrogen) atoms. The number of methoxy groups -OCH3 is 1. The van der Waals surface area contributed by atoms with Gasteiger partial charge in [-0.2, -0.15) is 5.10 Å². The number of hydrogen-bond acceptors (Lipinski definition) is 8. The molecule has 6 rings (SSSR count). The minimum Gasteiger partial charge on any atom is -0.496 e. The molecule has 0 radical (unpaired) electrons. The molecule has 1 saturated carbocycles. The van der Waals surface area contributed by atoms with Crippen LogP contribution in [0.1, 0.15) is 65.9 Å². The van der Waals surface area contributed by atoms with E-state index in [9.17, 15) is 14.4 Å². The van der Waals surface area contributed by atoms with Crippen molar-refractivity contribution in [2.75, 3.05) is 51.3 Å². The summed E-state index contributed by atoms with van der Waals surface area (Å²) in [6.45, 7) is 12.7. The molecule has 3 amide bonds. The molecule has 3 aromatic rings. The number of H-pyrrole nitrogens is 1. The van der Waals surface area contributed by atoms with E-state index in [0.29, 0.717) is 45.0 Å². The standard InChI is InChI=1S/C39H52N6O6/c1-38(2,3)51-37(48)43-19-17-42(18-20-43)36(47)39(4,5)50-32-11-7-10-31(22-32)44-16-8-9-28(26-44)35(46)45(30-13-14-30)25-27-12-15-33(34(21-27)49-6)29-23-40-41-24-29/h7,10-12,15,21-24,28,30H,8-9,13-14,16-20,25-26H2,1-6H3,(H,40,41)/t28-/m1/s1. The molecule has 3 fully saturated rings. The first kappa shape index (κ1) is 36.1. The number of hydrogen-bond donors (Lipinski definition) is 1. The molecular formula is C39H52N6O6. The fourth-order valence-electron chi connectivity index (χ4n) is 6.97. The summed E-state index contributed by atoms with van der Waals surface area (Å²) in [5.41, 5.74) is 2.24. The Hall–Kier alpha value is -4.74. The number of ether oxygens (including phenoxy) is 3. The SMILES string of the molecule is COc1cc(CN(C(=O)[C@@H]2CCCN(c3cccc(OC(C)(C)C(=O)N4CCN(C(=O)OC(C)(C)C)CC4)c3)C2)C2CC2)ccc1-c1cn[nH]c1. The molecule has 0 unspecified atom stereocenters. The Labute approximate surface area is 301 Å². The van der Waals surface area contributed by atoms with Gasteiger partial charge < -0.3 is 33.8 Å². The van der Waals surface area contributed by atoms with E-state index in [1.807, 2.05) is 63.4 Å². The summed E-state index contributed by atoms with van der Waals surface area (Å²) in [4.78, 5) is 48.0. The van der Waals surface area contributed by atoms with Gasteiger partial charge in [-0.1, -0.05) is 18.2 Å². The number of aromatic nitrogens is 2. The second-order valence-corrected chi connectivity index (χ2v) is 15.4. The summed E-state index contributed by atoms with van der Waals surface area (Å²) in [5.74, 6) is 1.31. The maximum absolute atomic E-state index is 14.1. The van der Waals surface area contributed by atoms with Crippen LogP contribution in [0.4, 0.5) is 10.5 Å². The van der Waals surface area contributed by atoms with Crippen LogP contribution in [0.15, 0.2) is 54.9 Å². The molecule has 12 heteroatoms. The summed E-state index contributed by atoms with van der Waals surface area (Å²) in [5, 5.41) is 6.92. The third-order valence-electron chi connectivity index (χ3n) is 9.76. The van der Waals surface area contributed by atoms with Gasteiger partial charge in [0.2, 0.25) is 5.91 Å². The van der Waals surface area contributed by atoms with Crippen molar-refractivity contribution >= 4 is 23.6 Å². The highest BCUT2D eigenvalue weighted by molar-refractivity contribution is 5.85. The normalized spacial score (nSPS) is 18.3. The van der Waals surface area contributed by atoms with E-state index in [1.165, 1.54) is 0 Å². The number of benzene rings is 2. The van der Waals surface area contributed by atoms with Gasteiger partial charge in [0.05, 0.1) is 19.2 Å². The first-order chi connectivity index (χ1) is 24.3. The Balaban J connectivity index is 1.07. The zero-order valence-corrected chi connectivity index (χ0v) is 30.8. The average Bonchev–Trinajstić information content (AvgIpc) is 3.81. The van der Waals surface area contributed by atoms with Crippen LogP contribution in [0.3, 0.4) is 0 Å². The summed E-state index contributed by atoms with van der Waals surface area (Å²) in [6, 6.07) is 14.2. The van der Waals surface area contributed by atoms with Crippen LogP contribution in [0.2, 0.25) is 0 Å². The van der Waals surface area contributed by atoms with Crippen LogP contribution in [-0.2, 0) is 20.9 Å². The fourth-order valence-corrected chi connectivity index (χ4v) is 6.97. The molecule has 2 saturated heterocycles. The molecule has 1 aliphatic carbocycles. The Bertz CT molecular complexity index is 1690. The summed E-state index contributed by atoms with van der Waals surface area (Å²) in [6.07, 6.45) is 7.06. The summed E-state index contributed by atoms with van der Waals surface area (Å²) < 4.78 is 17.6. The third kappa shape index (κ3) is 8.77. The monoisotopic (exact) mass is 700 g/mol. The van der Waals surface area contributed by atoms with Crippen molar-refractivity contribution in [1.82, 2.24) is 24.9 Å². The lowest BCUT2D eigenvalue weighted by molar-refractivity contribution is -0.147. The minimum absolute atomic E-state index is 0.117. The molecule has 12 nitrogen and oxygen atoms in total.